The van der Waals surface area contributed by atoms with Crippen molar-refractivity contribution in [2.24, 2.45) is 0 Å². The number of nitrogens with one attached hydrogen (secondary N) is 1. The van der Waals surface area contributed by atoms with Crippen molar-refractivity contribution in [3.63, 3.8) is 0 Å². The van der Waals surface area contributed by atoms with Crippen molar-refractivity contribution in [2.75, 3.05) is 6.54 Å². The van der Waals surface area contributed by atoms with Gasteiger partial charge in [-0.25, -0.2) is 0 Å². The van der Waals surface area contributed by atoms with Crippen LogP contribution in [0.1, 0.15) is 11.8 Å². The molecule has 1 aliphatic rings. The standard InChI is InChI=1S/C10H8BrNO/c11-7-2-1-6-3-10(8-5-12-8)13-9(6)4-7/h1-4,8,12H,5H2. The van der Waals surface area contributed by atoms with Gasteiger partial charge in [0.1, 0.15) is 11.3 Å². The van der Waals surface area contributed by atoms with Gasteiger partial charge in [0.2, 0.25) is 0 Å². The molecule has 1 aliphatic heterocycles. The van der Waals surface area contributed by atoms with Crippen LogP contribution in [-0.2, 0) is 0 Å². The fourth-order valence-corrected chi connectivity index (χ4v) is 1.80. The molecule has 1 unspecified atom stereocenters. The quantitative estimate of drug-likeness (QED) is 0.775. The lowest BCUT2D eigenvalue weighted by Crippen LogP contribution is -1.76. The lowest BCUT2D eigenvalue weighted by Gasteiger charge is -1.88. The Morgan fingerprint density at radius 1 is 1.38 bits per heavy atom. The van der Waals surface area contributed by atoms with Crippen LogP contribution < -0.4 is 5.32 Å². The second-order valence-electron chi connectivity index (χ2n) is 3.29. The molecular weight excluding hydrogens is 230 g/mol. The van der Waals surface area contributed by atoms with Crippen molar-refractivity contribution in [1.29, 1.82) is 0 Å². The van der Waals surface area contributed by atoms with Gasteiger partial charge in [-0.2, -0.15) is 0 Å². The van der Waals surface area contributed by atoms with E-state index in [9.17, 15) is 0 Å². The zero-order chi connectivity index (χ0) is 8.84. The molecule has 0 amide bonds. The third kappa shape index (κ3) is 1.28. The fourth-order valence-electron chi connectivity index (χ4n) is 1.46. The SMILES string of the molecule is Brc1ccc2cc(C3CN3)oc2c1. The number of rotatable bonds is 1. The van der Waals surface area contributed by atoms with Crippen LogP contribution in [0.15, 0.2) is 33.2 Å². The zero-order valence-corrected chi connectivity index (χ0v) is 8.47. The van der Waals surface area contributed by atoms with E-state index in [1.165, 1.54) is 5.39 Å². The monoisotopic (exact) mass is 237 g/mol. The number of hydrogen-bond acceptors (Lipinski definition) is 2. The van der Waals surface area contributed by atoms with Gasteiger partial charge in [0.15, 0.2) is 0 Å². The van der Waals surface area contributed by atoms with Crippen molar-refractivity contribution in [2.45, 2.75) is 6.04 Å². The molecule has 2 aromatic rings. The van der Waals surface area contributed by atoms with Crippen LogP contribution in [0.25, 0.3) is 11.0 Å². The van der Waals surface area contributed by atoms with Crippen LogP contribution in [0, 0.1) is 0 Å². The maximum absolute atomic E-state index is 5.68. The molecule has 3 heteroatoms. The van der Waals surface area contributed by atoms with Gasteiger partial charge in [-0.3, -0.25) is 0 Å². The van der Waals surface area contributed by atoms with Crippen LogP contribution >= 0.6 is 15.9 Å². The summed E-state index contributed by atoms with van der Waals surface area (Å²) in [6.07, 6.45) is 0. The summed E-state index contributed by atoms with van der Waals surface area (Å²) in [5, 5.41) is 4.39. The molecule has 0 aliphatic carbocycles. The molecule has 1 fully saturated rings. The highest BCUT2D eigenvalue weighted by Crippen LogP contribution is 2.29. The molecule has 2 heterocycles. The molecule has 13 heavy (non-hydrogen) atoms. The van der Waals surface area contributed by atoms with E-state index >= 15 is 0 Å². The Labute approximate surface area is 84.0 Å². The predicted octanol–water partition coefficient (Wildman–Crippen LogP) is 2.84. The minimum absolute atomic E-state index is 0.450. The van der Waals surface area contributed by atoms with Gasteiger partial charge in [0, 0.05) is 16.4 Å². The molecule has 3 rings (SSSR count). The van der Waals surface area contributed by atoms with Crippen molar-refractivity contribution in [3.05, 3.63) is 34.5 Å². The van der Waals surface area contributed by atoms with Gasteiger partial charge in [-0.1, -0.05) is 15.9 Å². The second-order valence-corrected chi connectivity index (χ2v) is 4.21. The van der Waals surface area contributed by atoms with Crippen LogP contribution in [0.3, 0.4) is 0 Å². The minimum Gasteiger partial charge on any atom is -0.459 e. The zero-order valence-electron chi connectivity index (χ0n) is 6.88. The second kappa shape index (κ2) is 2.59. The normalized spacial score (nSPS) is 20.8. The maximum atomic E-state index is 5.68. The Hall–Kier alpha value is -0.800. The largest absolute Gasteiger partial charge is 0.459 e. The molecular formula is C10H8BrNO. The van der Waals surface area contributed by atoms with E-state index in [-0.39, 0.29) is 0 Å². The Kier molecular flexibility index (Phi) is 1.51. The summed E-state index contributed by atoms with van der Waals surface area (Å²) >= 11 is 3.42. The van der Waals surface area contributed by atoms with Crippen molar-refractivity contribution >= 4 is 26.9 Å². The first-order valence-electron chi connectivity index (χ1n) is 4.25. The average Bonchev–Trinajstić information content (AvgIpc) is 2.87. The third-order valence-corrected chi connectivity index (χ3v) is 2.75. The molecule has 1 saturated heterocycles. The number of furan rings is 1. The van der Waals surface area contributed by atoms with Crippen LogP contribution in [0.5, 0.6) is 0 Å². The molecule has 0 spiro atoms. The topological polar surface area (TPSA) is 35.1 Å². The summed E-state index contributed by atoms with van der Waals surface area (Å²) < 4.78 is 6.74. The highest BCUT2D eigenvalue weighted by molar-refractivity contribution is 9.10. The van der Waals surface area contributed by atoms with E-state index in [4.69, 9.17) is 4.42 Å². The predicted molar refractivity (Wildman–Crippen MR) is 54.7 cm³/mol. The lowest BCUT2D eigenvalue weighted by molar-refractivity contribution is 0.550. The van der Waals surface area contributed by atoms with E-state index in [0.29, 0.717) is 6.04 Å². The molecule has 1 aromatic carbocycles. The van der Waals surface area contributed by atoms with Gasteiger partial charge in [0.05, 0.1) is 6.04 Å². The molecule has 1 aromatic heterocycles. The fraction of sp³-hybridized carbons (Fsp3) is 0.200. The number of benzene rings is 1. The van der Waals surface area contributed by atoms with E-state index in [2.05, 4.69) is 33.4 Å². The molecule has 0 saturated carbocycles. The van der Waals surface area contributed by atoms with Crippen molar-refractivity contribution in [3.8, 4) is 0 Å². The first-order chi connectivity index (χ1) is 6.33. The molecule has 1 N–H and O–H groups in total. The number of halogens is 1. The molecule has 66 valence electrons. The number of hydrogen-bond donors (Lipinski definition) is 1. The third-order valence-electron chi connectivity index (χ3n) is 2.25. The Morgan fingerprint density at radius 3 is 3.00 bits per heavy atom. The van der Waals surface area contributed by atoms with E-state index < -0.39 is 0 Å². The number of fused-ring (bicyclic) bond motifs is 1. The molecule has 1 atom stereocenters. The molecule has 0 bridgehead atoms. The first-order valence-corrected chi connectivity index (χ1v) is 5.04. The van der Waals surface area contributed by atoms with Crippen LogP contribution in [0.2, 0.25) is 0 Å². The van der Waals surface area contributed by atoms with E-state index in [1.54, 1.807) is 0 Å². The summed E-state index contributed by atoms with van der Waals surface area (Å²) in [5.74, 6) is 1.05. The van der Waals surface area contributed by atoms with Gasteiger partial charge in [-0.15, -0.1) is 0 Å². The maximum Gasteiger partial charge on any atom is 0.135 e. The van der Waals surface area contributed by atoms with Crippen molar-refractivity contribution < 1.29 is 4.42 Å². The summed E-state index contributed by atoms with van der Waals surface area (Å²) in [4.78, 5) is 0. The Balaban J connectivity index is 2.20. The summed E-state index contributed by atoms with van der Waals surface area (Å²) in [6.45, 7) is 1.04. The van der Waals surface area contributed by atoms with Gasteiger partial charge < -0.3 is 9.73 Å². The molecule has 2 nitrogen and oxygen atoms in total. The summed E-state index contributed by atoms with van der Waals surface area (Å²) in [6, 6.07) is 8.65. The smallest absolute Gasteiger partial charge is 0.135 e. The highest BCUT2D eigenvalue weighted by atomic mass is 79.9. The highest BCUT2D eigenvalue weighted by Gasteiger charge is 2.25. The van der Waals surface area contributed by atoms with E-state index in [0.717, 1.165) is 22.4 Å². The summed E-state index contributed by atoms with van der Waals surface area (Å²) in [7, 11) is 0. The van der Waals surface area contributed by atoms with Crippen molar-refractivity contribution in [1.82, 2.24) is 5.32 Å². The van der Waals surface area contributed by atoms with Gasteiger partial charge in [-0.05, 0) is 24.3 Å². The Morgan fingerprint density at radius 2 is 2.23 bits per heavy atom. The summed E-state index contributed by atoms with van der Waals surface area (Å²) in [5.41, 5.74) is 0.957. The van der Waals surface area contributed by atoms with E-state index in [1.807, 2.05) is 12.1 Å². The van der Waals surface area contributed by atoms with Crippen LogP contribution in [-0.4, -0.2) is 6.54 Å². The average molecular weight is 238 g/mol. The Bertz CT molecular complexity index is 459. The van der Waals surface area contributed by atoms with Crippen LogP contribution in [0.4, 0.5) is 0 Å². The minimum atomic E-state index is 0.450. The first kappa shape index (κ1) is 7.59. The van der Waals surface area contributed by atoms with Gasteiger partial charge >= 0.3 is 0 Å². The van der Waals surface area contributed by atoms with Gasteiger partial charge in [0.25, 0.3) is 0 Å². The molecule has 0 radical (unpaired) electrons. The lowest BCUT2D eigenvalue weighted by atomic mass is 10.2.